The quantitative estimate of drug-likeness (QED) is 0.595. The van der Waals surface area contributed by atoms with Crippen LogP contribution in [0.5, 0.6) is 0 Å². The molecule has 0 atom stereocenters. The van der Waals surface area contributed by atoms with E-state index in [0.717, 1.165) is 16.4 Å². The number of hydrogen-bond acceptors (Lipinski definition) is 5. The first kappa shape index (κ1) is 13.9. The molecule has 2 amide bonds. The molecule has 0 bridgehead atoms. The maximum Gasteiger partial charge on any atom is 0.439 e. The van der Waals surface area contributed by atoms with Crippen LogP contribution in [0.4, 0.5) is 9.59 Å². The third-order valence-electron chi connectivity index (χ3n) is 1.16. The van der Waals surface area contributed by atoms with E-state index in [0.29, 0.717) is 5.75 Å². The van der Waals surface area contributed by atoms with Gasteiger partial charge in [0.05, 0.1) is 13.2 Å². The summed E-state index contributed by atoms with van der Waals surface area (Å²) < 4.78 is 10.4. The molecule has 0 heterocycles. The molecular formula is C8H16N2O4S. The molecule has 0 rings (SSSR count). The van der Waals surface area contributed by atoms with Gasteiger partial charge in [0.25, 0.3) is 0 Å². The lowest BCUT2D eigenvalue weighted by Crippen LogP contribution is -2.42. The third-order valence-corrected chi connectivity index (χ3v) is 1.92. The van der Waals surface area contributed by atoms with Gasteiger partial charge in [-0.3, -0.25) is 0 Å². The zero-order valence-electron chi connectivity index (χ0n) is 9.11. The average molecular weight is 236 g/mol. The summed E-state index contributed by atoms with van der Waals surface area (Å²) in [5, 5.41) is 0. The fourth-order valence-corrected chi connectivity index (χ4v) is 1.24. The van der Waals surface area contributed by atoms with Gasteiger partial charge in [-0.25, -0.2) is 15.0 Å². The van der Waals surface area contributed by atoms with Gasteiger partial charge in [0.15, 0.2) is 0 Å². The smallest absolute Gasteiger partial charge is 0.439 e. The molecule has 0 spiro atoms. The Balaban J connectivity index is 4.13. The molecule has 1 N–H and O–H groups in total. The molecule has 0 aliphatic carbocycles. The molecule has 0 aliphatic rings. The van der Waals surface area contributed by atoms with Crippen LogP contribution in [0, 0.1) is 0 Å². The number of nitrogens with one attached hydrogen (secondary N) is 1. The van der Waals surface area contributed by atoms with E-state index in [1.54, 1.807) is 13.8 Å². The first-order chi connectivity index (χ1) is 7.15. The molecular weight excluding hydrogens is 220 g/mol. The van der Waals surface area contributed by atoms with Crippen molar-refractivity contribution in [3.8, 4) is 0 Å². The summed E-state index contributed by atoms with van der Waals surface area (Å²) in [6, 6.07) is 0. The summed E-state index contributed by atoms with van der Waals surface area (Å²) in [6.45, 7) is 5.73. The number of carbonyl (C=O) groups excluding carboxylic acids is 2. The fourth-order valence-electron chi connectivity index (χ4n) is 0.688. The Kier molecular flexibility index (Phi) is 7.61. The van der Waals surface area contributed by atoms with Crippen molar-refractivity contribution in [2.75, 3.05) is 19.0 Å². The molecule has 0 unspecified atom stereocenters. The topological polar surface area (TPSA) is 67.9 Å². The summed E-state index contributed by atoms with van der Waals surface area (Å²) in [5.41, 5.74) is 2.26. The van der Waals surface area contributed by atoms with Crippen LogP contribution in [0.15, 0.2) is 0 Å². The van der Waals surface area contributed by atoms with Gasteiger partial charge in [0.2, 0.25) is 0 Å². The van der Waals surface area contributed by atoms with Crippen LogP contribution in [0.2, 0.25) is 0 Å². The van der Waals surface area contributed by atoms with E-state index in [1.165, 1.54) is 0 Å². The number of hydrogen-bond donors (Lipinski definition) is 1. The lowest BCUT2D eigenvalue weighted by Gasteiger charge is -2.19. The van der Waals surface area contributed by atoms with E-state index < -0.39 is 12.2 Å². The minimum absolute atomic E-state index is 0.249. The second-order valence-electron chi connectivity index (χ2n) is 2.24. The molecule has 88 valence electrons. The van der Waals surface area contributed by atoms with Crippen molar-refractivity contribution in [2.45, 2.75) is 20.8 Å². The monoisotopic (exact) mass is 236 g/mol. The Morgan fingerprint density at radius 2 is 1.80 bits per heavy atom. The van der Waals surface area contributed by atoms with Crippen LogP contribution >= 0.6 is 11.9 Å². The Morgan fingerprint density at radius 1 is 1.20 bits per heavy atom. The number of rotatable bonds is 4. The van der Waals surface area contributed by atoms with Crippen LogP contribution in [-0.2, 0) is 9.47 Å². The molecule has 0 aliphatic heterocycles. The summed E-state index contributed by atoms with van der Waals surface area (Å²) >= 11 is 1.13. The second kappa shape index (κ2) is 8.22. The highest BCUT2D eigenvalue weighted by molar-refractivity contribution is 7.97. The third kappa shape index (κ3) is 6.05. The highest BCUT2D eigenvalue weighted by atomic mass is 32.2. The minimum atomic E-state index is -0.675. The van der Waals surface area contributed by atoms with Crippen LogP contribution in [0.3, 0.4) is 0 Å². The van der Waals surface area contributed by atoms with E-state index in [9.17, 15) is 9.59 Å². The number of carbonyl (C=O) groups is 2. The SMILES string of the molecule is CCOC(=O)NN(SCC)C(=O)OCC. The molecule has 0 aromatic heterocycles. The lowest BCUT2D eigenvalue weighted by atomic mass is 10.9. The van der Waals surface area contributed by atoms with E-state index >= 15 is 0 Å². The van der Waals surface area contributed by atoms with E-state index in [2.05, 4.69) is 10.2 Å². The van der Waals surface area contributed by atoms with Gasteiger partial charge >= 0.3 is 12.2 Å². The average Bonchev–Trinajstić information content (AvgIpc) is 2.18. The number of ether oxygens (including phenoxy) is 2. The minimum Gasteiger partial charge on any atom is -0.449 e. The van der Waals surface area contributed by atoms with Crippen molar-refractivity contribution in [3.05, 3.63) is 0 Å². The largest absolute Gasteiger partial charge is 0.449 e. The lowest BCUT2D eigenvalue weighted by molar-refractivity contribution is 0.106. The van der Waals surface area contributed by atoms with Crippen LogP contribution in [0.25, 0.3) is 0 Å². The van der Waals surface area contributed by atoms with Gasteiger partial charge in [-0.1, -0.05) is 6.92 Å². The maximum absolute atomic E-state index is 11.3. The van der Waals surface area contributed by atoms with Crippen molar-refractivity contribution in [2.24, 2.45) is 0 Å². The van der Waals surface area contributed by atoms with Crippen LogP contribution < -0.4 is 5.43 Å². The normalized spacial score (nSPS) is 9.27. The summed E-state index contributed by atoms with van der Waals surface area (Å²) in [7, 11) is 0. The Hall–Kier alpha value is -1.11. The Morgan fingerprint density at radius 3 is 2.27 bits per heavy atom. The van der Waals surface area contributed by atoms with Gasteiger partial charge in [-0.15, -0.1) is 0 Å². The molecule has 0 aromatic rings. The molecule has 15 heavy (non-hydrogen) atoms. The van der Waals surface area contributed by atoms with Crippen LogP contribution in [-0.4, -0.2) is 35.6 Å². The second-order valence-corrected chi connectivity index (χ2v) is 3.44. The molecule has 0 fully saturated rings. The van der Waals surface area contributed by atoms with Gasteiger partial charge in [-0.05, 0) is 25.8 Å². The van der Waals surface area contributed by atoms with E-state index in [-0.39, 0.29) is 13.2 Å². The van der Waals surface area contributed by atoms with E-state index in [1.807, 2.05) is 6.92 Å². The zero-order valence-corrected chi connectivity index (χ0v) is 9.93. The van der Waals surface area contributed by atoms with Crippen molar-refractivity contribution in [1.82, 2.24) is 9.84 Å². The van der Waals surface area contributed by atoms with Gasteiger partial charge in [-0.2, -0.15) is 4.41 Å². The molecule has 6 nitrogen and oxygen atoms in total. The van der Waals surface area contributed by atoms with Crippen molar-refractivity contribution >= 4 is 24.1 Å². The molecule has 0 radical (unpaired) electrons. The first-order valence-electron chi connectivity index (χ1n) is 4.68. The fraction of sp³-hybridized carbons (Fsp3) is 0.750. The zero-order chi connectivity index (χ0) is 11.7. The highest BCUT2D eigenvalue weighted by Gasteiger charge is 2.17. The van der Waals surface area contributed by atoms with Crippen molar-refractivity contribution in [1.29, 1.82) is 0 Å². The van der Waals surface area contributed by atoms with Gasteiger partial charge in [0, 0.05) is 5.75 Å². The summed E-state index contributed by atoms with van der Waals surface area (Å²) in [4.78, 5) is 22.3. The predicted octanol–water partition coefficient (Wildman–Crippen LogP) is 1.77. The van der Waals surface area contributed by atoms with Gasteiger partial charge in [0.1, 0.15) is 0 Å². The maximum atomic E-state index is 11.3. The predicted molar refractivity (Wildman–Crippen MR) is 57.2 cm³/mol. The summed E-state index contributed by atoms with van der Waals surface area (Å²) in [5.74, 6) is 0.630. The molecule has 0 saturated carbocycles. The Bertz CT molecular complexity index is 213. The summed E-state index contributed by atoms with van der Waals surface area (Å²) in [6.07, 6.45) is -1.29. The number of amides is 2. The highest BCUT2D eigenvalue weighted by Crippen LogP contribution is 2.07. The molecule has 7 heteroatoms. The number of nitrogens with zero attached hydrogens (tertiary/aromatic N) is 1. The standard InChI is InChI=1S/C8H16N2O4S/c1-4-13-7(11)9-10(15-6-3)8(12)14-5-2/h4-6H2,1-3H3,(H,9,11). The Labute approximate surface area is 93.4 Å². The van der Waals surface area contributed by atoms with Gasteiger partial charge < -0.3 is 9.47 Å². The first-order valence-corrected chi connectivity index (χ1v) is 5.63. The van der Waals surface area contributed by atoms with E-state index in [4.69, 9.17) is 4.74 Å². The number of hydrazine groups is 1. The van der Waals surface area contributed by atoms with Crippen molar-refractivity contribution in [3.63, 3.8) is 0 Å². The molecule has 0 saturated heterocycles. The van der Waals surface area contributed by atoms with Crippen LogP contribution in [0.1, 0.15) is 20.8 Å². The van der Waals surface area contributed by atoms with Crippen molar-refractivity contribution < 1.29 is 19.1 Å². The molecule has 0 aromatic carbocycles.